The Hall–Kier alpha value is -3.19. The fourth-order valence-electron chi connectivity index (χ4n) is 3.20. The van der Waals surface area contributed by atoms with Crippen molar-refractivity contribution in [2.75, 3.05) is 36.5 Å². The number of benzene rings is 2. The maximum absolute atomic E-state index is 12.4. The van der Waals surface area contributed by atoms with Gasteiger partial charge >= 0.3 is 0 Å². The summed E-state index contributed by atoms with van der Waals surface area (Å²) in [6, 6.07) is 14.9. The quantitative estimate of drug-likeness (QED) is 0.765. The van der Waals surface area contributed by atoms with Crippen molar-refractivity contribution >= 4 is 28.2 Å². The van der Waals surface area contributed by atoms with Crippen molar-refractivity contribution < 1.29 is 9.53 Å². The molecule has 0 atom stereocenters. The smallest absolute Gasteiger partial charge is 0.246 e. The third kappa shape index (κ3) is 3.83. The molecule has 7 heteroatoms. The number of nitrogens with zero attached hydrogens (tertiary/aromatic N) is 3. The van der Waals surface area contributed by atoms with Crippen LogP contribution in [0.2, 0.25) is 0 Å². The molecule has 138 valence electrons. The fourth-order valence-corrected chi connectivity index (χ4v) is 3.20. The van der Waals surface area contributed by atoms with Gasteiger partial charge in [-0.1, -0.05) is 12.1 Å². The average Bonchev–Trinajstić information content (AvgIpc) is 2.71. The van der Waals surface area contributed by atoms with Crippen molar-refractivity contribution in [3.8, 4) is 0 Å². The Bertz CT molecular complexity index is 1010. The van der Waals surface area contributed by atoms with E-state index in [1.165, 1.54) is 10.9 Å². The predicted octanol–water partition coefficient (Wildman–Crippen LogP) is 1.87. The second-order valence-electron chi connectivity index (χ2n) is 6.38. The van der Waals surface area contributed by atoms with Gasteiger partial charge in [0.05, 0.1) is 24.9 Å². The van der Waals surface area contributed by atoms with Gasteiger partial charge in [0.25, 0.3) is 0 Å². The summed E-state index contributed by atoms with van der Waals surface area (Å²) in [6.45, 7) is 3.25. The zero-order chi connectivity index (χ0) is 18.6. The van der Waals surface area contributed by atoms with E-state index in [0.29, 0.717) is 10.9 Å². The molecule has 2 aromatic carbocycles. The van der Waals surface area contributed by atoms with Gasteiger partial charge in [0.1, 0.15) is 6.54 Å². The van der Waals surface area contributed by atoms with Gasteiger partial charge in [-0.3, -0.25) is 14.3 Å². The molecule has 1 amide bonds. The third-order valence-corrected chi connectivity index (χ3v) is 4.58. The van der Waals surface area contributed by atoms with Gasteiger partial charge in [-0.15, -0.1) is 0 Å². The number of para-hydroxylation sites is 1. The minimum absolute atomic E-state index is 0.0337. The van der Waals surface area contributed by atoms with E-state index in [0.717, 1.165) is 37.7 Å². The van der Waals surface area contributed by atoms with Crippen LogP contribution >= 0.6 is 0 Å². The molecule has 0 saturated carbocycles. The van der Waals surface area contributed by atoms with Gasteiger partial charge in [0.2, 0.25) is 11.3 Å². The van der Waals surface area contributed by atoms with E-state index in [9.17, 15) is 9.59 Å². The zero-order valence-electron chi connectivity index (χ0n) is 14.8. The lowest BCUT2D eigenvalue weighted by atomic mass is 10.2. The van der Waals surface area contributed by atoms with E-state index in [1.54, 1.807) is 18.2 Å². The molecule has 4 rings (SSSR count). The van der Waals surface area contributed by atoms with E-state index in [4.69, 9.17) is 4.74 Å². The highest BCUT2D eigenvalue weighted by Crippen LogP contribution is 2.19. The van der Waals surface area contributed by atoms with Gasteiger partial charge in [0.15, 0.2) is 0 Å². The molecule has 7 nitrogen and oxygen atoms in total. The van der Waals surface area contributed by atoms with Crippen LogP contribution in [-0.4, -0.2) is 42.0 Å². The topological polar surface area (TPSA) is 76.5 Å². The Morgan fingerprint density at radius 3 is 2.59 bits per heavy atom. The number of hydrogen-bond acceptors (Lipinski definition) is 5. The number of carbonyl (C=O) groups excluding carboxylic acids is 1. The summed E-state index contributed by atoms with van der Waals surface area (Å²) in [4.78, 5) is 26.6. The number of amides is 1. The molecule has 2 heterocycles. The van der Waals surface area contributed by atoms with Crippen LogP contribution in [-0.2, 0) is 16.1 Å². The third-order valence-electron chi connectivity index (χ3n) is 4.58. The lowest BCUT2D eigenvalue weighted by molar-refractivity contribution is -0.116. The molecule has 1 aromatic heterocycles. The van der Waals surface area contributed by atoms with Crippen molar-refractivity contribution in [2.24, 2.45) is 0 Å². The molecule has 1 N–H and O–H groups in total. The van der Waals surface area contributed by atoms with Crippen LogP contribution in [0, 0.1) is 0 Å². The van der Waals surface area contributed by atoms with E-state index in [-0.39, 0.29) is 17.9 Å². The second-order valence-corrected chi connectivity index (χ2v) is 6.38. The highest BCUT2D eigenvalue weighted by molar-refractivity contribution is 5.91. The van der Waals surface area contributed by atoms with Crippen LogP contribution in [0.1, 0.15) is 0 Å². The summed E-state index contributed by atoms with van der Waals surface area (Å²) < 4.78 is 6.90. The lowest BCUT2D eigenvalue weighted by Gasteiger charge is -2.28. The maximum atomic E-state index is 12.4. The van der Waals surface area contributed by atoms with E-state index in [1.807, 2.05) is 30.3 Å². The first-order valence-corrected chi connectivity index (χ1v) is 8.88. The summed E-state index contributed by atoms with van der Waals surface area (Å²) in [5.74, 6) is -0.199. The van der Waals surface area contributed by atoms with E-state index in [2.05, 4.69) is 15.3 Å². The molecule has 1 saturated heterocycles. The number of fused-ring (bicyclic) bond motifs is 1. The number of anilines is 2. The SMILES string of the molecule is O=C(Cn1ncc(=O)c2ccccc21)Nc1ccc(N2CCOCC2)cc1. The summed E-state index contributed by atoms with van der Waals surface area (Å²) in [5, 5.41) is 7.52. The standard InChI is InChI=1S/C20H20N4O3/c25-19-13-21-24(18-4-2-1-3-17(18)19)14-20(26)22-15-5-7-16(8-6-15)23-9-11-27-12-10-23/h1-8,13H,9-12,14H2,(H,22,26). The summed E-state index contributed by atoms with van der Waals surface area (Å²) in [6.07, 6.45) is 1.24. The van der Waals surface area contributed by atoms with Crippen LogP contribution in [0.4, 0.5) is 11.4 Å². The summed E-state index contributed by atoms with van der Waals surface area (Å²) in [7, 11) is 0. The fraction of sp³-hybridized carbons (Fsp3) is 0.250. The van der Waals surface area contributed by atoms with Gasteiger partial charge in [-0.25, -0.2) is 0 Å². The number of rotatable bonds is 4. The van der Waals surface area contributed by atoms with Crippen LogP contribution in [0.15, 0.2) is 59.5 Å². The number of morpholine rings is 1. The Morgan fingerprint density at radius 2 is 1.81 bits per heavy atom. The Balaban J connectivity index is 1.45. The normalized spacial score (nSPS) is 14.3. The average molecular weight is 364 g/mol. The van der Waals surface area contributed by atoms with Gasteiger partial charge < -0.3 is 15.0 Å². The molecule has 0 radical (unpaired) electrons. The van der Waals surface area contributed by atoms with Crippen molar-refractivity contribution in [3.63, 3.8) is 0 Å². The highest BCUT2D eigenvalue weighted by Gasteiger charge is 2.12. The Kier molecular flexibility index (Phi) is 4.84. The van der Waals surface area contributed by atoms with Gasteiger partial charge in [0, 0.05) is 29.9 Å². The van der Waals surface area contributed by atoms with Crippen molar-refractivity contribution in [2.45, 2.75) is 6.54 Å². The predicted molar refractivity (Wildman–Crippen MR) is 104 cm³/mol. The van der Waals surface area contributed by atoms with E-state index >= 15 is 0 Å². The zero-order valence-corrected chi connectivity index (χ0v) is 14.8. The Labute approximate surface area is 156 Å². The summed E-state index contributed by atoms with van der Waals surface area (Å²) in [5.41, 5.74) is 2.33. The molecule has 1 fully saturated rings. The summed E-state index contributed by atoms with van der Waals surface area (Å²) >= 11 is 0. The largest absolute Gasteiger partial charge is 0.378 e. The molecule has 1 aliphatic rings. The minimum Gasteiger partial charge on any atom is -0.378 e. The molecule has 0 bridgehead atoms. The lowest BCUT2D eigenvalue weighted by Crippen LogP contribution is -2.36. The molecule has 0 aliphatic carbocycles. The first-order valence-electron chi connectivity index (χ1n) is 8.88. The monoisotopic (exact) mass is 364 g/mol. The van der Waals surface area contributed by atoms with Crippen molar-refractivity contribution in [1.29, 1.82) is 0 Å². The molecule has 3 aromatic rings. The first kappa shape index (κ1) is 17.2. The van der Waals surface area contributed by atoms with Crippen LogP contribution < -0.4 is 15.6 Å². The molecule has 27 heavy (non-hydrogen) atoms. The van der Waals surface area contributed by atoms with Crippen LogP contribution in [0.3, 0.4) is 0 Å². The number of aromatic nitrogens is 2. The second kappa shape index (κ2) is 7.59. The molecular weight excluding hydrogens is 344 g/mol. The van der Waals surface area contributed by atoms with Crippen LogP contribution in [0.25, 0.3) is 10.9 Å². The number of hydrogen-bond donors (Lipinski definition) is 1. The maximum Gasteiger partial charge on any atom is 0.246 e. The first-order chi connectivity index (χ1) is 13.2. The molecule has 0 spiro atoms. The molecule has 1 aliphatic heterocycles. The van der Waals surface area contributed by atoms with Crippen molar-refractivity contribution in [1.82, 2.24) is 9.78 Å². The van der Waals surface area contributed by atoms with Crippen LogP contribution in [0.5, 0.6) is 0 Å². The molecular formula is C20H20N4O3. The van der Waals surface area contributed by atoms with Gasteiger partial charge in [-0.05, 0) is 36.4 Å². The van der Waals surface area contributed by atoms with E-state index < -0.39 is 0 Å². The number of carbonyl (C=O) groups is 1. The Morgan fingerprint density at radius 1 is 1.07 bits per heavy atom. The molecule has 0 unspecified atom stereocenters. The number of nitrogens with one attached hydrogen (secondary N) is 1. The highest BCUT2D eigenvalue weighted by atomic mass is 16.5. The minimum atomic E-state index is -0.199. The number of ether oxygens (including phenoxy) is 1. The van der Waals surface area contributed by atoms with Crippen molar-refractivity contribution in [3.05, 3.63) is 65.0 Å². The van der Waals surface area contributed by atoms with Gasteiger partial charge in [-0.2, -0.15) is 5.10 Å².